The van der Waals surface area contributed by atoms with E-state index in [-0.39, 0.29) is 18.3 Å². The van der Waals surface area contributed by atoms with E-state index in [1.165, 1.54) is 12.1 Å². The molecule has 0 radical (unpaired) electrons. The van der Waals surface area contributed by atoms with Crippen molar-refractivity contribution in [3.05, 3.63) is 71.6 Å². The van der Waals surface area contributed by atoms with Gasteiger partial charge in [0.2, 0.25) is 5.91 Å². The zero-order valence-electron chi connectivity index (χ0n) is 10.8. The summed E-state index contributed by atoms with van der Waals surface area (Å²) in [5.41, 5.74) is 7.57. The summed E-state index contributed by atoms with van der Waals surface area (Å²) < 4.78 is 13.4. The molecule has 1 amide bonds. The van der Waals surface area contributed by atoms with Gasteiger partial charge in [0, 0.05) is 23.9 Å². The minimum Gasteiger partial charge on any atom is -0.399 e. The Balaban J connectivity index is 1.91. The monoisotopic (exact) mass is 270 g/mol. The maximum atomic E-state index is 13.4. The van der Waals surface area contributed by atoms with E-state index in [9.17, 15) is 9.18 Å². The van der Waals surface area contributed by atoms with Crippen molar-refractivity contribution in [2.24, 2.45) is 0 Å². The molecule has 0 aromatic heterocycles. The molecule has 2 aromatic carbocycles. The summed E-state index contributed by atoms with van der Waals surface area (Å²) in [5, 5.41) is 2.63. The highest BCUT2D eigenvalue weighted by Gasteiger charge is 2.01. The van der Waals surface area contributed by atoms with Gasteiger partial charge in [0.25, 0.3) is 0 Å². The lowest BCUT2D eigenvalue weighted by Crippen LogP contribution is -2.20. The Hall–Kier alpha value is -2.62. The van der Waals surface area contributed by atoms with Crippen LogP contribution in [-0.4, -0.2) is 5.91 Å². The third-order valence-corrected chi connectivity index (χ3v) is 2.75. The Kier molecular flexibility index (Phi) is 4.50. The van der Waals surface area contributed by atoms with Gasteiger partial charge in [-0.1, -0.05) is 30.3 Å². The molecule has 3 N–H and O–H groups in total. The number of rotatable bonds is 4. The first-order chi connectivity index (χ1) is 9.65. The minimum atomic E-state index is -0.326. The van der Waals surface area contributed by atoms with Gasteiger partial charge in [0.15, 0.2) is 0 Å². The van der Waals surface area contributed by atoms with E-state index in [1.54, 1.807) is 36.4 Å². The number of anilines is 1. The third-order valence-electron chi connectivity index (χ3n) is 2.75. The van der Waals surface area contributed by atoms with Crippen molar-refractivity contribution < 1.29 is 9.18 Å². The van der Waals surface area contributed by atoms with Gasteiger partial charge < -0.3 is 11.1 Å². The second kappa shape index (κ2) is 6.52. The molecular weight excluding hydrogens is 255 g/mol. The normalized spacial score (nSPS) is 10.7. The van der Waals surface area contributed by atoms with Crippen molar-refractivity contribution in [2.45, 2.75) is 6.54 Å². The number of carbonyl (C=O) groups is 1. The van der Waals surface area contributed by atoms with E-state index in [2.05, 4.69) is 5.32 Å². The summed E-state index contributed by atoms with van der Waals surface area (Å²) in [6.45, 7) is 0.159. The van der Waals surface area contributed by atoms with Crippen LogP contribution in [0.1, 0.15) is 11.1 Å². The summed E-state index contributed by atoms with van der Waals surface area (Å²) in [7, 11) is 0. The number of halogens is 1. The Morgan fingerprint density at radius 3 is 2.75 bits per heavy atom. The fourth-order valence-electron chi connectivity index (χ4n) is 1.72. The Morgan fingerprint density at radius 2 is 2.00 bits per heavy atom. The predicted octanol–water partition coefficient (Wildman–Crippen LogP) is 2.74. The molecule has 0 saturated heterocycles. The second-order valence-corrected chi connectivity index (χ2v) is 4.31. The van der Waals surface area contributed by atoms with Crippen molar-refractivity contribution in [3.8, 4) is 0 Å². The van der Waals surface area contributed by atoms with E-state index in [0.717, 1.165) is 5.56 Å². The largest absolute Gasteiger partial charge is 0.399 e. The van der Waals surface area contributed by atoms with Crippen LogP contribution >= 0.6 is 0 Å². The van der Waals surface area contributed by atoms with Crippen LogP contribution in [0.25, 0.3) is 6.08 Å². The highest BCUT2D eigenvalue weighted by atomic mass is 19.1. The van der Waals surface area contributed by atoms with Crippen molar-refractivity contribution in [3.63, 3.8) is 0 Å². The molecule has 0 heterocycles. The Morgan fingerprint density at radius 1 is 1.20 bits per heavy atom. The number of hydrogen-bond acceptors (Lipinski definition) is 2. The quantitative estimate of drug-likeness (QED) is 0.663. The summed E-state index contributed by atoms with van der Waals surface area (Å²) in [5.74, 6) is -0.608. The highest BCUT2D eigenvalue weighted by Crippen LogP contribution is 2.08. The van der Waals surface area contributed by atoms with Crippen LogP contribution in [0, 0.1) is 5.82 Å². The van der Waals surface area contributed by atoms with Gasteiger partial charge in [-0.15, -0.1) is 0 Å². The molecular formula is C16H15FN2O. The van der Waals surface area contributed by atoms with Crippen LogP contribution in [0.2, 0.25) is 0 Å². The molecule has 0 aliphatic heterocycles. The van der Waals surface area contributed by atoms with E-state index >= 15 is 0 Å². The molecule has 0 saturated carbocycles. The molecule has 20 heavy (non-hydrogen) atoms. The van der Waals surface area contributed by atoms with Crippen LogP contribution in [0.5, 0.6) is 0 Å². The lowest BCUT2D eigenvalue weighted by molar-refractivity contribution is -0.116. The number of benzene rings is 2. The fourth-order valence-corrected chi connectivity index (χ4v) is 1.72. The zero-order valence-corrected chi connectivity index (χ0v) is 10.8. The summed E-state index contributed by atoms with van der Waals surface area (Å²) in [6.07, 6.45) is 3.06. The van der Waals surface area contributed by atoms with Gasteiger partial charge in [0.05, 0.1) is 0 Å². The molecule has 0 spiro atoms. The number of carbonyl (C=O) groups excluding carboxylic acids is 1. The number of nitrogens with one attached hydrogen (secondary N) is 1. The summed E-state index contributed by atoms with van der Waals surface area (Å²) >= 11 is 0. The van der Waals surface area contributed by atoms with Gasteiger partial charge in [0.1, 0.15) is 5.82 Å². The Labute approximate surface area is 116 Å². The third kappa shape index (κ3) is 3.95. The lowest BCUT2D eigenvalue weighted by Gasteiger charge is -2.03. The van der Waals surface area contributed by atoms with Crippen LogP contribution in [0.4, 0.5) is 10.1 Å². The number of nitrogens with two attached hydrogens (primary N) is 1. The average molecular weight is 270 g/mol. The number of hydrogen-bond donors (Lipinski definition) is 2. The zero-order chi connectivity index (χ0) is 14.4. The predicted molar refractivity (Wildman–Crippen MR) is 78.1 cm³/mol. The molecule has 2 aromatic rings. The standard InChI is InChI=1S/C16H15FN2O/c17-15-7-2-1-5-13(15)11-19-16(20)9-8-12-4-3-6-14(18)10-12/h1-10H,11,18H2,(H,19,20)/b9-8+. The summed E-state index contributed by atoms with van der Waals surface area (Å²) in [6, 6.07) is 13.5. The molecule has 0 aliphatic carbocycles. The Bertz CT molecular complexity index is 638. The molecule has 0 atom stereocenters. The SMILES string of the molecule is Nc1cccc(/C=C/C(=O)NCc2ccccc2F)c1. The molecule has 0 bridgehead atoms. The first-order valence-corrected chi connectivity index (χ1v) is 6.20. The van der Waals surface area contributed by atoms with Crippen molar-refractivity contribution in [2.75, 3.05) is 5.73 Å². The number of nitrogen functional groups attached to an aromatic ring is 1. The van der Waals surface area contributed by atoms with Crippen LogP contribution in [-0.2, 0) is 11.3 Å². The van der Waals surface area contributed by atoms with Gasteiger partial charge in [-0.25, -0.2) is 4.39 Å². The first-order valence-electron chi connectivity index (χ1n) is 6.20. The van der Waals surface area contributed by atoms with Crippen LogP contribution < -0.4 is 11.1 Å². The molecule has 0 aliphatic rings. The lowest BCUT2D eigenvalue weighted by atomic mass is 10.2. The molecule has 0 fully saturated rings. The fraction of sp³-hybridized carbons (Fsp3) is 0.0625. The number of amides is 1. The highest BCUT2D eigenvalue weighted by molar-refractivity contribution is 5.91. The van der Waals surface area contributed by atoms with Gasteiger partial charge >= 0.3 is 0 Å². The molecule has 3 nitrogen and oxygen atoms in total. The van der Waals surface area contributed by atoms with E-state index in [0.29, 0.717) is 11.3 Å². The van der Waals surface area contributed by atoms with Gasteiger partial charge in [-0.2, -0.15) is 0 Å². The summed E-state index contributed by atoms with van der Waals surface area (Å²) in [4.78, 5) is 11.6. The molecule has 0 unspecified atom stereocenters. The maximum Gasteiger partial charge on any atom is 0.244 e. The van der Waals surface area contributed by atoms with E-state index in [4.69, 9.17) is 5.73 Å². The smallest absolute Gasteiger partial charge is 0.244 e. The van der Waals surface area contributed by atoms with Gasteiger partial charge in [-0.05, 0) is 29.8 Å². The molecule has 4 heteroatoms. The molecule has 102 valence electrons. The van der Waals surface area contributed by atoms with Crippen molar-refractivity contribution in [1.29, 1.82) is 0 Å². The topological polar surface area (TPSA) is 55.1 Å². The second-order valence-electron chi connectivity index (χ2n) is 4.31. The van der Waals surface area contributed by atoms with E-state index < -0.39 is 0 Å². The van der Waals surface area contributed by atoms with Gasteiger partial charge in [-0.3, -0.25) is 4.79 Å². The maximum absolute atomic E-state index is 13.4. The van der Waals surface area contributed by atoms with Crippen molar-refractivity contribution in [1.82, 2.24) is 5.32 Å². The van der Waals surface area contributed by atoms with E-state index in [1.807, 2.05) is 12.1 Å². The van der Waals surface area contributed by atoms with Crippen molar-refractivity contribution >= 4 is 17.7 Å². The van der Waals surface area contributed by atoms with Crippen LogP contribution in [0.3, 0.4) is 0 Å². The molecule has 2 rings (SSSR count). The average Bonchev–Trinajstić information content (AvgIpc) is 2.44. The minimum absolute atomic E-state index is 0.159. The first kappa shape index (κ1) is 13.8. The van der Waals surface area contributed by atoms with Crippen LogP contribution in [0.15, 0.2) is 54.6 Å².